The number of aliphatic hydroxyl groups is 1. The van der Waals surface area contributed by atoms with Crippen LogP contribution in [0.15, 0.2) is 60.0 Å². The molecule has 3 N–H and O–H groups in total. The first-order valence-electron chi connectivity index (χ1n) is 8.91. The lowest BCUT2D eigenvalue weighted by Gasteiger charge is -2.27. The van der Waals surface area contributed by atoms with Gasteiger partial charge in [-0.05, 0) is 46.5 Å². The van der Waals surface area contributed by atoms with E-state index < -0.39 is 5.60 Å². The first kappa shape index (κ1) is 17.1. The normalized spacial score (nSPS) is 16.2. The molecule has 1 aromatic heterocycles. The van der Waals surface area contributed by atoms with E-state index in [0.717, 1.165) is 34.1 Å². The van der Waals surface area contributed by atoms with Crippen molar-refractivity contribution in [3.8, 4) is 0 Å². The Bertz CT molecular complexity index is 900. The number of carbonyl (C=O) groups is 1. The van der Waals surface area contributed by atoms with Gasteiger partial charge in [0.15, 0.2) is 0 Å². The molecule has 1 saturated carbocycles. The van der Waals surface area contributed by atoms with E-state index >= 15 is 0 Å². The van der Waals surface area contributed by atoms with Gasteiger partial charge in [-0.25, -0.2) is 4.79 Å². The van der Waals surface area contributed by atoms with Crippen LogP contribution in [0, 0.1) is 5.92 Å². The van der Waals surface area contributed by atoms with Crippen LogP contribution in [0.3, 0.4) is 0 Å². The number of urea groups is 1. The lowest BCUT2D eigenvalue weighted by atomic mass is 9.96. The van der Waals surface area contributed by atoms with Gasteiger partial charge in [-0.15, -0.1) is 11.3 Å². The zero-order valence-electron chi connectivity index (χ0n) is 14.4. The van der Waals surface area contributed by atoms with Gasteiger partial charge in [-0.3, -0.25) is 0 Å². The smallest absolute Gasteiger partial charge is 0.315 e. The summed E-state index contributed by atoms with van der Waals surface area (Å²) in [5, 5.41) is 21.1. The Morgan fingerprint density at radius 2 is 1.88 bits per heavy atom. The molecule has 2 aromatic carbocycles. The second-order valence-electron chi connectivity index (χ2n) is 6.85. The number of amides is 2. The van der Waals surface area contributed by atoms with Crippen molar-refractivity contribution < 1.29 is 9.90 Å². The van der Waals surface area contributed by atoms with Crippen LogP contribution in [0.25, 0.3) is 10.8 Å². The highest BCUT2D eigenvalue weighted by atomic mass is 32.1. The number of carbonyl (C=O) groups excluding carboxylic acids is 1. The summed E-state index contributed by atoms with van der Waals surface area (Å²) in [7, 11) is 0. The maximum absolute atomic E-state index is 12.3. The van der Waals surface area contributed by atoms with Crippen LogP contribution in [0.5, 0.6) is 0 Å². The Kier molecular flexibility index (Phi) is 4.66. The Hall–Kier alpha value is -2.37. The average Bonchev–Trinajstić information content (AvgIpc) is 3.39. The Balaban J connectivity index is 1.38. The maximum atomic E-state index is 12.3. The van der Waals surface area contributed by atoms with E-state index in [1.54, 1.807) is 0 Å². The van der Waals surface area contributed by atoms with E-state index in [1.807, 2.05) is 41.8 Å². The lowest BCUT2D eigenvalue weighted by molar-refractivity contribution is 0.0196. The van der Waals surface area contributed by atoms with E-state index in [1.165, 1.54) is 11.3 Å². The predicted molar refractivity (Wildman–Crippen MR) is 105 cm³/mol. The molecule has 1 atom stereocenters. The molecule has 1 aliphatic carbocycles. The van der Waals surface area contributed by atoms with E-state index in [9.17, 15) is 9.90 Å². The van der Waals surface area contributed by atoms with Gasteiger partial charge < -0.3 is 15.7 Å². The lowest BCUT2D eigenvalue weighted by Crippen LogP contribution is -2.45. The molecular weight excluding hydrogens is 344 g/mol. The van der Waals surface area contributed by atoms with E-state index in [4.69, 9.17) is 0 Å². The van der Waals surface area contributed by atoms with Crippen LogP contribution in [0.1, 0.15) is 23.3 Å². The number of hydrogen-bond donors (Lipinski definition) is 3. The molecular formula is C21H22N2O2S. The molecule has 26 heavy (non-hydrogen) atoms. The van der Waals surface area contributed by atoms with Crippen LogP contribution in [0.2, 0.25) is 0 Å². The van der Waals surface area contributed by atoms with Crippen molar-refractivity contribution in [2.24, 2.45) is 5.92 Å². The SMILES string of the molecule is O=C(NCc1cccc2ccccc12)NCC(O)(c1cccs1)C1CC1. The molecule has 1 unspecified atom stereocenters. The topological polar surface area (TPSA) is 61.4 Å². The highest BCUT2D eigenvalue weighted by molar-refractivity contribution is 7.10. The quantitative estimate of drug-likeness (QED) is 0.617. The largest absolute Gasteiger partial charge is 0.382 e. The summed E-state index contributed by atoms with van der Waals surface area (Å²) in [5.74, 6) is 0.236. The van der Waals surface area contributed by atoms with E-state index in [2.05, 4.69) is 28.8 Å². The first-order chi connectivity index (χ1) is 12.7. The van der Waals surface area contributed by atoms with Crippen LogP contribution >= 0.6 is 11.3 Å². The molecule has 1 fully saturated rings. The van der Waals surface area contributed by atoms with Gasteiger partial charge in [-0.2, -0.15) is 0 Å². The number of rotatable bonds is 6. The van der Waals surface area contributed by atoms with Crippen LogP contribution < -0.4 is 10.6 Å². The van der Waals surface area contributed by atoms with Gasteiger partial charge in [0.25, 0.3) is 0 Å². The fraction of sp³-hybridized carbons (Fsp3) is 0.286. The molecule has 3 aromatic rings. The minimum atomic E-state index is -0.953. The highest BCUT2D eigenvalue weighted by Crippen LogP contribution is 2.46. The fourth-order valence-electron chi connectivity index (χ4n) is 3.42. The molecule has 4 rings (SSSR count). The highest BCUT2D eigenvalue weighted by Gasteiger charge is 2.45. The van der Waals surface area contributed by atoms with Crippen molar-refractivity contribution in [2.75, 3.05) is 6.54 Å². The van der Waals surface area contributed by atoms with Gasteiger partial charge >= 0.3 is 6.03 Å². The maximum Gasteiger partial charge on any atom is 0.315 e. The van der Waals surface area contributed by atoms with E-state index in [0.29, 0.717) is 6.54 Å². The van der Waals surface area contributed by atoms with E-state index in [-0.39, 0.29) is 18.5 Å². The number of fused-ring (bicyclic) bond motifs is 1. The zero-order valence-corrected chi connectivity index (χ0v) is 15.3. The summed E-state index contributed by atoms with van der Waals surface area (Å²) in [6, 6.07) is 17.9. The van der Waals surface area contributed by atoms with Gasteiger partial charge in [0.05, 0.1) is 6.54 Å². The Morgan fingerprint density at radius 3 is 2.65 bits per heavy atom. The molecule has 1 heterocycles. The summed E-state index contributed by atoms with van der Waals surface area (Å²) >= 11 is 1.54. The summed E-state index contributed by atoms with van der Waals surface area (Å²) in [4.78, 5) is 13.2. The number of hydrogen-bond acceptors (Lipinski definition) is 3. The second kappa shape index (κ2) is 7.09. The van der Waals surface area contributed by atoms with Crippen molar-refractivity contribution in [1.82, 2.24) is 10.6 Å². The standard InChI is InChI=1S/C21H22N2O2S/c24-20(22-13-16-7-3-6-15-5-1-2-8-18(15)16)23-14-21(25,17-10-11-17)19-9-4-12-26-19/h1-9,12,17,25H,10-11,13-14H2,(H2,22,23,24). The third-order valence-electron chi connectivity index (χ3n) is 5.04. The molecule has 1 aliphatic rings. The Labute approximate surface area is 156 Å². The van der Waals surface area contributed by atoms with Crippen molar-refractivity contribution in [1.29, 1.82) is 0 Å². The second-order valence-corrected chi connectivity index (χ2v) is 7.80. The third-order valence-corrected chi connectivity index (χ3v) is 6.08. The van der Waals surface area contributed by atoms with Crippen molar-refractivity contribution in [3.63, 3.8) is 0 Å². The molecule has 0 aliphatic heterocycles. The summed E-state index contributed by atoms with van der Waals surface area (Å²) in [6.45, 7) is 0.688. The van der Waals surface area contributed by atoms with Crippen LogP contribution in [-0.4, -0.2) is 17.7 Å². The van der Waals surface area contributed by atoms with Gasteiger partial charge in [0, 0.05) is 11.4 Å². The van der Waals surface area contributed by atoms with Crippen molar-refractivity contribution in [3.05, 3.63) is 70.4 Å². The van der Waals surface area contributed by atoms with Gasteiger partial charge in [-0.1, -0.05) is 48.5 Å². The molecule has 134 valence electrons. The van der Waals surface area contributed by atoms with Crippen molar-refractivity contribution in [2.45, 2.75) is 25.0 Å². The summed E-state index contributed by atoms with van der Waals surface area (Å²) < 4.78 is 0. The molecule has 4 nitrogen and oxygen atoms in total. The van der Waals surface area contributed by atoms with Crippen molar-refractivity contribution >= 4 is 28.1 Å². The molecule has 0 radical (unpaired) electrons. The van der Waals surface area contributed by atoms with Crippen LogP contribution in [-0.2, 0) is 12.1 Å². The average molecular weight is 366 g/mol. The minimum absolute atomic E-state index is 0.236. The fourth-order valence-corrected chi connectivity index (χ4v) is 4.32. The number of nitrogens with one attached hydrogen (secondary N) is 2. The molecule has 0 bridgehead atoms. The summed E-state index contributed by atoms with van der Waals surface area (Å²) in [5.41, 5.74) is 0.124. The molecule has 0 saturated heterocycles. The third kappa shape index (κ3) is 3.45. The molecule has 5 heteroatoms. The van der Waals surface area contributed by atoms with Gasteiger partial charge in [0.1, 0.15) is 5.60 Å². The monoisotopic (exact) mass is 366 g/mol. The van der Waals surface area contributed by atoms with Crippen LogP contribution in [0.4, 0.5) is 4.79 Å². The van der Waals surface area contributed by atoms with Gasteiger partial charge in [0.2, 0.25) is 0 Å². The Morgan fingerprint density at radius 1 is 1.08 bits per heavy atom. The number of thiophene rings is 1. The molecule has 2 amide bonds. The molecule has 0 spiro atoms. The first-order valence-corrected chi connectivity index (χ1v) is 9.79. The predicted octanol–water partition coefficient (Wildman–Crippen LogP) is 4.00. The summed E-state index contributed by atoms with van der Waals surface area (Å²) in [6.07, 6.45) is 2.02. The number of benzene rings is 2. The zero-order chi connectivity index (χ0) is 18.0. The minimum Gasteiger partial charge on any atom is -0.382 e.